The summed E-state index contributed by atoms with van der Waals surface area (Å²) < 4.78 is 5.96. The first-order valence-corrected chi connectivity index (χ1v) is 6.92. The van der Waals surface area contributed by atoms with Crippen LogP contribution in [0.2, 0.25) is 0 Å². The maximum absolute atomic E-state index is 12.7. The molecule has 0 unspecified atom stereocenters. The molecule has 0 saturated carbocycles. The fourth-order valence-electron chi connectivity index (χ4n) is 2.73. The van der Waals surface area contributed by atoms with E-state index in [0.29, 0.717) is 19.6 Å². The number of para-hydroxylation sites is 1. The minimum absolute atomic E-state index is 0.00351. The van der Waals surface area contributed by atoms with Crippen molar-refractivity contribution in [2.75, 3.05) is 19.6 Å². The molecule has 1 fully saturated rings. The zero-order valence-corrected chi connectivity index (χ0v) is 12.0. The summed E-state index contributed by atoms with van der Waals surface area (Å²) in [6.45, 7) is 5.45. The third-order valence-corrected chi connectivity index (χ3v) is 3.98. The Kier molecular flexibility index (Phi) is 3.09. The number of fused-ring (bicyclic) bond motifs is 1. The number of rotatable bonds is 2. The fourth-order valence-corrected chi connectivity index (χ4v) is 2.73. The Bertz CT molecular complexity index is 610. The van der Waals surface area contributed by atoms with Crippen LogP contribution in [0, 0.1) is 10.1 Å². The maximum Gasteiger partial charge on any atom is 0.311 e. The van der Waals surface area contributed by atoms with Crippen molar-refractivity contribution in [2.24, 2.45) is 0 Å². The van der Waals surface area contributed by atoms with Crippen LogP contribution in [0.1, 0.15) is 24.2 Å². The number of hydrogen-bond acceptors (Lipinski definition) is 5. The van der Waals surface area contributed by atoms with Gasteiger partial charge in [-0.05, 0) is 19.9 Å². The van der Waals surface area contributed by atoms with Crippen molar-refractivity contribution in [3.8, 4) is 5.75 Å². The summed E-state index contributed by atoms with van der Waals surface area (Å²) >= 11 is 0. The summed E-state index contributed by atoms with van der Waals surface area (Å²) in [6, 6.07) is 4.49. The van der Waals surface area contributed by atoms with Gasteiger partial charge in [0.2, 0.25) is 5.75 Å². The van der Waals surface area contributed by atoms with E-state index in [1.165, 1.54) is 12.1 Å². The lowest BCUT2D eigenvalue weighted by Gasteiger charge is -2.44. The van der Waals surface area contributed by atoms with E-state index in [4.69, 9.17) is 4.74 Å². The van der Waals surface area contributed by atoms with Gasteiger partial charge in [-0.1, -0.05) is 6.07 Å². The molecule has 7 heteroatoms. The lowest BCUT2D eigenvalue weighted by Crippen LogP contribution is -2.68. The largest absolute Gasteiger partial charge is 0.475 e. The van der Waals surface area contributed by atoms with Crippen molar-refractivity contribution in [3.05, 3.63) is 33.9 Å². The topological polar surface area (TPSA) is 84.7 Å². The van der Waals surface area contributed by atoms with Crippen molar-refractivity contribution in [1.29, 1.82) is 0 Å². The summed E-state index contributed by atoms with van der Waals surface area (Å²) in [7, 11) is 0. The lowest BCUT2D eigenvalue weighted by atomic mass is 9.95. The zero-order valence-electron chi connectivity index (χ0n) is 12.0. The molecule has 1 amide bonds. The number of nitrogens with one attached hydrogen (secondary N) is 1. The highest BCUT2D eigenvalue weighted by Crippen LogP contribution is 2.38. The molecule has 0 aliphatic carbocycles. The van der Waals surface area contributed by atoms with Crippen molar-refractivity contribution < 1.29 is 14.5 Å². The lowest BCUT2D eigenvalue weighted by molar-refractivity contribution is -0.386. The van der Waals surface area contributed by atoms with Gasteiger partial charge in [-0.15, -0.1) is 0 Å². The summed E-state index contributed by atoms with van der Waals surface area (Å²) in [5, 5.41) is 14.3. The quantitative estimate of drug-likeness (QED) is 0.653. The van der Waals surface area contributed by atoms with Crippen LogP contribution in [-0.4, -0.2) is 47.0 Å². The Labute approximate surface area is 122 Å². The van der Waals surface area contributed by atoms with Crippen LogP contribution in [0.15, 0.2) is 18.2 Å². The van der Waals surface area contributed by atoms with Crippen molar-refractivity contribution in [2.45, 2.75) is 25.5 Å². The van der Waals surface area contributed by atoms with Crippen LogP contribution in [-0.2, 0) is 0 Å². The zero-order chi connectivity index (χ0) is 15.2. The molecule has 2 heterocycles. The van der Waals surface area contributed by atoms with E-state index in [9.17, 15) is 14.9 Å². The number of nitro groups is 1. The molecule has 1 N–H and O–H groups in total. The molecule has 1 saturated heterocycles. The molecule has 7 nitrogen and oxygen atoms in total. The van der Waals surface area contributed by atoms with Gasteiger partial charge in [-0.25, -0.2) is 0 Å². The standard InChI is InChI=1S/C14H17N3O4/c1-9(2)16-8-14(6-15-7-14)21-12-10(13(16)18)4-3-5-11(12)17(19)20/h3-5,9,15H,6-8H2,1-2H3. The number of hydrogen-bond donors (Lipinski definition) is 1. The molecule has 3 rings (SSSR count). The van der Waals surface area contributed by atoms with Gasteiger partial charge in [0.05, 0.1) is 17.0 Å². The van der Waals surface area contributed by atoms with Gasteiger partial charge in [0.25, 0.3) is 5.91 Å². The van der Waals surface area contributed by atoms with E-state index in [1.54, 1.807) is 11.0 Å². The van der Waals surface area contributed by atoms with Crippen LogP contribution in [0.25, 0.3) is 0 Å². The highest BCUT2D eigenvalue weighted by atomic mass is 16.6. The molecule has 0 aromatic heterocycles. The maximum atomic E-state index is 12.7. The number of benzene rings is 1. The molecule has 0 radical (unpaired) electrons. The Morgan fingerprint density at radius 3 is 2.67 bits per heavy atom. The number of amides is 1. The SMILES string of the molecule is CC(C)N1CC2(CNC2)Oc2c(cccc2[N+](=O)[O-])C1=O. The van der Waals surface area contributed by atoms with E-state index < -0.39 is 10.5 Å². The first-order valence-electron chi connectivity index (χ1n) is 6.92. The summed E-state index contributed by atoms with van der Waals surface area (Å²) in [5.74, 6) is -0.121. The Morgan fingerprint density at radius 2 is 2.14 bits per heavy atom. The molecule has 2 aliphatic rings. The number of nitrogens with zero attached hydrogens (tertiary/aromatic N) is 2. The van der Waals surface area contributed by atoms with E-state index in [-0.39, 0.29) is 28.9 Å². The van der Waals surface area contributed by atoms with Gasteiger partial charge in [-0.2, -0.15) is 0 Å². The molecule has 0 atom stereocenters. The first-order chi connectivity index (χ1) is 9.93. The average Bonchev–Trinajstić information content (AvgIpc) is 2.53. The predicted octanol–water partition coefficient (Wildman–Crippen LogP) is 1.18. The van der Waals surface area contributed by atoms with Crippen molar-refractivity contribution in [3.63, 3.8) is 0 Å². The van der Waals surface area contributed by atoms with Crippen molar-refractivity contribution >= 4 is 11.6 Å². The number of carbonyl (C=O) groups is 1. The van der Waals surface area contributed by atoms with Gasteiger partial charge in [-0.3, -0.25) is 14.9 Å². The monoisotopic (exact) mass is 291 g/mol. The van der Waals surface area contributed by atoms with Gasteiger partial charge in [0.1, 0.15) is 0 Å². The Morgan fingerprint density at radius 1 is 1.43 bits per heavy atom. The molecular formula is C14H17N3O4. The van der Waals surface area contributed by atoms with Crippen LogP contribution < -0.4 is 10.1 Å². The third kappa shape index (κ3) is 2.13. The molecule has 1 spiro atoms. The van der Waals surface area contributed by atoms with Crippen LogP contribution >= 0.6 is 0 Å². The smallest absolute Gasteiger partial charge is 0.311 e. The second-order valence-corrected chi connectivity index (χ2v) is 5.83. The van der Waals surface area contributed by atoms with Crippen LogP contribution in [0.4, 0.5) is 5.69 Å². The van der Waals surface area contributed by atoms with Crippen LogP contribution in [0.5, 0.6) is 5.75 Å². The molecule has 1 aromatic rings. The fraction of sp³-hybridized carbons (Fsp3) is 0.500. The normalized spacial score (nSPS) is 19.8. The second-order valence-electron chi connectivity index (χ2n) is 5.83. The van der Waals surface area contributed by atoms with E-state index in [0.717, 1.165) is 0 Å². The summed E-state index contributed by atoms with van der Waals surface area (Å²) in [5.41, 5.74) is -0.462. The molecule has 2 aliphatic heterocycles. The highest BCUT2D eigenvalue weighted by molar-refractivity contribution is 5.99. The summed E-state index contributed by atoms with van der Waals surface area (Å²) in [4.78, 5) is 25.1. The Balaban J connectivity index is 2.15. The molecule has 0 bridgehead atoms. The van der Waals surface area contributed by atoms with E-state index in [1.807, 2.05) is 13.8 Å². The molecule has 112 valence electrons. The van der Waals surface area contributed by atoms with Gasteiger partial charge in [0.15, 0.2) is 5.60 Å². The highest BCUT2D eigenvalue weighted by Gasteiger charge is 2.47. The van der Waals surface area contributed by atoms with E-state index >= 15 is 0 Å². The third-order valence-electron chi connectivity index (χ3n) is 3.98. The van der Waals surface area contributed by atoms with E-state index in [2.05, 4.69) is 5.32 Å². The van der Waals surface area contributed by atoms with Gasteiger partial charge < -0.3 is 15.0 Å². The van der Waals surface area contributed by atoms with Gasteiger partial charge in [0, 0.05) is 25.2 Å². The first kappa shape index (κ1) is 13.8. The average molecular weight is 291 g/mol. The molecule has 1 aromatic carbocycles. The van der Waals surface area contributed by atoms with Crippen LogP contribution in [0.3, 0.4) is 0 Å². The minimum atomic E-state index is -0.572. The molecule has 21 heavy (non-hydrogen) atoms. The van der Waals surface area contributed by atoms with Gasteiger partial charge >= 0.3 is 5.69 Å². The minimum Gasteiger partial charge on any atom is -0.475 e. The Hall–Kier alpha value is -2.15. The molecular weight excluding hydrogens is 274 g/mol. The number of ether oxygens (including phenoxy) is 1. The van der Waals surface area contributed by atoms with Crippen molar-refractivity contribution in [1.82, 2.24) is 10.2 Å². The number of carbonyl (C=O) groups excluding carboxylic acids is 1. The number of nitro benzene ring substituents is 1. The summed E-state index contributed by atoms with van der Waals surface area (Å²) in [6.07, 6.45) is 0. The second kappa shape index (κ2) is 4.70. The predicted molar refractivity (Wildman–Crippen MR) is 75.5 cm³/mol.